The van der Waals surface area contributed by atoms with Crippen molar-refractivity contribution >= 4 is 122 Å². The number of carbonyl (C=O) groups excluding carboxylic acids is 2. The maximum atomic E-state index is 16.5. The summed E-state index contributed by atoms with van der Waals surface area (Å²) >= 11 is 14.2. The van der Waals surface area contributed by atoms with Crippen molar-refractivity contribution in [2.45, 2.75) is 198 Å². The molecule has 0 radical (unpaired) electrons. The van der Waals surface area contributed by atoms with Gasteiger partial charge in [0.2, 0.25) is 0 Å². The normalized spacial score (nSPS) is 14.2. The first-order chi connectivity index (χ1) is 39.3. The van der Waals surface area contributed by atoms with E-state index in [1.54, 1.807) is 56.7 Å². The van der Waals surface area contributed by atoms with Gasteiger partial charge in [-0.25, -0.2) is 4.39 Å². The Balaban J connectivity index is 1.13. The van der Waals surface area contributed by atoms with E-state index < -0.39 is 0 Å². The molecule has 81 heavy (non-hydrogen) atoms. The van der Waals surface area contributed by atoms with Gasteiger partial charge in [0.25, 0.3) is 0 Å². The van der Waals surface area contributed by atoms with Crippen LogP contribution < -0.4 is 0 Å². The molecular weight excluding hydrogens is 1150 g/mol. The Bertz CT molecular complexity index is 3630. The summed E-state index contributed by atoms with van der Waals surface area (Å²) < 4.78 is 19.0. The van der Waals surface area contributed by atoms with E-state index in [0.717, 1.165) is 133 Å². The fourth-order valence-electron chi connectivity index (χ4n) is 12.5. The van der Waals surface area contributed by atoms with E-state index in [-0.39, 0.29) is 17.4 Å². The molecule has 4 atom stereocenters. The SMILES string of the molecule is CCCCC(CC)Cc1ccc(-c2c3cc(-c4ccc(-c5sc(-c6ccc(C)s6)c6c5C(=O)c5c(CC(CC)CCCC)sc(CC(CC)CCCC)c5C6=O)s4)sc3c(-c3cc(F)c(CC(CC)CCCC)s3)c3cc(C)sc23)s1. The maximum Gasteiger partial charge on any atom is 0.197 e. The van der Waals surface area contributed by atoms with E-state index in [0.29, 0.717) is 45.9 Å². The zero-order valence-corrected chi connectivity index (χ0v) is 56.1. The van der Waals surface area contributed by atoms with Crippen molar-refractivity contribution in [2.75, 3.05) is 0 Å². The maximum absolute atomic E-state index is 16.5. The zero-order valence-electron chi connectivity index (χ0n) is 49.6. The summed E-state index contributed by atoms with van der Waals surface area (Å²) in [4.78, 5) is 47.3. The van der Waals surface area contributed by atoms with Crippen LogP contribution in [0.25, 0.3) is 70.3 Å². The van der Waals surface area contributed by atoms with Crippen molar-refractivity contribution in [1.29, 1.82) is 0 Å². The molecule has 0 N–H and O–H groups in total. The van der Waals surface area contributed by atoms with Gasteiger partial charge in [0.15, 0.2) is 11.6 Å². The van der Waals surface area contributed by atoms with E-state index in [1.165, 1.54) is 95.1 Å². The van der Waals surface area contributed by atoms with Crippen LogP contribution in [0.3, 0.4) is 0 Å². The molecule has 0 saturated heterocycles. The third-order valence-corrected chi connectivity index (χ3v) is 27.0. The first kappa shape index (κ1) is 60.7. The summed E-state index contributed by atoms with van der Waals surface area (Å²) in [5.74, 6) is 2.11. The lowest BCUT2D eigenvalue weighted by molar-refractivity contribution is 0.0980. The lowest BCUT2D eigenvalue weighted by Crippen LogP contribution is -2.22. The van der Waals surface area contributed by atoms with Gasteiger partial charge in [-0.3, -0.25) is 9.59 Å². The van der Waals surface area contributed by atoms with Crippen molar-refractivity contribution in [1.82, 2.24) is 0 Å². The minimum Gasteiger partial charge on any atom is -0.288 e. The number of halogens is 1. The van der Waals surface area contributed by atoms with Crippen molar-refractivity contribution in [3.63, 3.8) is 0 Å². The highest BCUT2D eigenvalue weighted by Crippen LogP contribution is 2.56. The van der Waals surface area contributed by atoms with Crippen LogP contribution in [0.4, 0.5) is 4.39 Å². The number of aryl methyl sites for hydroxylation is 2. The second-order valence-corrected chi connectivity index (χ2v) is 32.5. The molecule has 8 heterocycles. The van der Waals surface area contributed by atoms with E-state index >= 15 is 14.0 Å². The van der Waals surface area contributed by atoms with E-state index in [2.05, 4.69) is 118 Å². The van der Waals surface area contributed by atoms with Crippen LogP contribution in [0.15, 0.2) is 54.6 Å². The molecule has 10 rings (SSSR count). The number of benzene rings is 1. The number of fused-ring (bicyclic) bond motifs is 4. The monoisotopic (exact) mass is 1230 g/mol. The number of thiophene rings is 8. The molecule has 4 unspecified atom stereocenters. The van der Waals surface area contributed by atoms with Gasteiger partial charge in [-0.15, -0.1) is 90.7 Å². The van der Waals surface area contributed by atoms with Crippen molar-refractivity contribution in [2.24, 2.45) is 23.7 Å². The average Bonchev–Trinajstić information content (AvgIpc) is 2.60. The van der Waals surface area contributed by atoms with Gasteiger partial charge in [0, 0.05) is 101 Å². The summed E-state index contributed by atoms with van der Waals surface area (Å²) in [5.41, 5.74) is 5.10. The van der Waals surface area contributed by atoms with Crippen LogP contribution in [-0.2, 0) is 25.7 Å². The minimum atomic E-state index is -0.0699. The van der Waals surface area contributed by atoms with Crippen LogP contribution in [-0.4, -0.2) is 11.6 Å². The Morgan fingerprint density at radius 2 is 0.864 bits per heavy atom. The van der Waals surface area contributed by atoms with Crippen LogP contribution in [0.1, 0.15) is 219 Å². The molecule has 0 bridgehead atoms. The van der Waals surface area contributed by atoms with Crippen molar-refractivity contribution in [3.05, 3.63) is 112 Å². The molecule has 0 fully saturated rings. The zero-order chi connectivity index (χ0) is 57.1. The van der Waals surface area contributed by atoms with Gasteiger partial charge < -0.3 is 0 Å². The molecule has 0 amide bonds. The highest BCUT2D eigenvalue weighted by Gasteiger charge is 2.42. The molecule has 1 aromatic carbocycles. The molecule has 2 nitrogen and oxygen atoms in total. The fraction of sp³-hybridized carbons (Fsp3) is 0.486. The predicted octanol–water partition coefficient (Wildman–Crippen LogP) is 25.4. The predicted molar refractivity (Wildman–Crippen MR) is 362 cm³/mol. The van der Waals surface area contributed by atoms with Gasteiger partial charge in [-0.1, -0.05) is 158 Å². The molecule has 1 aliphatic carbocycles. The molecule has 1 aliphatic rings. The van der Waals surface area contributed by atoms with Gasteiger partial charge in [0.1, 0.15) is 5.82 Å². The third-order valence-electron chi connectivity index (χ3n) is 17.5. The molecule has 430 valence electrons. The number of unbranched alkanes of at least 4 members (excludes halogenated alkanes) is 4. The van der Waals surface area contributed by atoms with Gasteiger partial charge in [-0.05, 0) is 118 Å². The molecule has 8 aromatic heterocycles. The van der Waals surface area contributed by atoms with Gasteiger partial charge in [0.05, 0.1) is 20.9 Å². The summed E-state index contributed by atoms with van der Waals surface area (Å²) in [7, 11) is 0. The molecule has 11 heteroatoms. The Morgan fingerprint density at radius 3 is 1.41 bits per heavy atom. The molecule has 0 spiro atoms. The topological polar surface area (TPSA) is 34.1 Å². The minimum absolute atomic E-state index is 0.0420. The Labute approximate surface area is 515 Å². The lowest BCUT2D eigenvalue weighted by Gasteiger charge is -2.19. The number of hydrogen-bond donors (Lipinski definition) is 0. The average molecular weight is 1230 g/mol. The largest absolute Gasteiger partial charge is 0.288 e. The number of rotatable bonds is 29. The number of carbonyl (C=O) groups is 2. The highest BCUT2D eigenvalue weighted by atomic mass is 32.1. The Kier molecular flexibility index (Phi) is 20.5. The van der Waals surface area contributed by atoms with Gasteiger partial charge in [-0.2, -0.15) is 0 Å². The van der Waals surface area contributed by atoms with Crippen molar-refractivity contribution < 1.29 is 14.0 Å². The van der Waals surface area contributed by atoms with Gasteiger partial charge >= 0.3 is 0 Å². The summed E-state index contributed by atoms with van der Waals surface area (Å²) in [6.07, 6.45) is 22.1. The van der Waals surface area contributed by atoms with E-state index in [1.807, 2.05) is 40.1 Å². The smallest absolute Gasteiger partial charge is 0.197 e. The summed E-state index contributed by atoms with van der Waals surface area (Å²) in [6.45, 7) is 22.6. The second kappa shape index (κ2) is 27.3. The first-order valence-corrected chi connectivity index (χ1v) is 37.3. The summed E-state index contributed by atoms with van der Waals surface area (Å²) in [6, 6.07) is 20.2. The number of ketones is 2. The lowest BCUT2D eigenvalue weighted by atomic mass is 9.81. The Hall–Kier alpha value is -3.39. The van der Waals surface area contributed by atoms with Crippen LogP contribution in [0.5, 0.6) is 0 Å². The third kappa shape index (κ3) is 12.6. The standard InChI is InChI=1S/C70H83FO2S8/c1-11-19-23-42(15-5)34-46-28-30-51(76-46)59-48-38-55(80-68(48)60(47-33-41(10)75-67(47)59)58-39-49(71)54(78-58)35-43(16-6)24-20-12-2)50-31-32-53(77-50)70-64-63(69(81-70)52-29-27-40(9)74-52)65(72)61-56(36-44(17-7)25-21-13-3)79-57(62(61)66(64)73)37-45(18-8)26-22-14-4/h27-33,38-39,42-45H,11-26,34-37H2,1-10H3. The van der Waals surface area contributed by atoms with E-state index in [4.69, 9.17) is 0 Å². The molecule has 0 saturated carbocycles. The second-order valence-electron chi connectivity index (χ2n) is 23.3. The molecule has 9 aromatic rings. The van der Waals surface area contributed by atoms with Crippen molar-refractivity contribution in [3.8, 4) is 50.1 Å². The van der Waals surface area contributed by atoms with Crippen LogP contribution in [0.2, 0.25) is 0 Å². The van der Waals surface area contributed by atoms with Crippen LogP contribution in [0, 0.1) is 43.3 Å². The van der Waals surface area contributed by atoms with E-state index in [9.17, 15) is 0 Å². The first-order valence-electron chi connectivity index (χ1n) is 30.8. The van der Waals surface area contributed by atoms with Crippen LogP contribution >= 0.6 is 90.7 Å². The highest BCUT2D eigenvalue weighted by molar-refractivity contribution is 7.31. The molecule has 0 aliphatic heterocycles. The quantitative estimate of drug-likeness (QED) is 0.0468. The molecular formula is C70H83FO2S8. The summed E-state index contributed by atoms with van der Waals surface area (Å²) in [5, 5.41) is 2.45. The number of hydrogen-bond acceptors (Lipinski definition) is 10. The Morgan fingerprint density at radius 1 is 0.383 bits per heavy atom. The fourth-order valence-corrected chi connectivity index (χ4v) is 22.4.